The molecule has 1 atom stereocenters. The highest BCUT2D eigenvalue weighted by molar-refractivity contribution is 7.89. The number of carbonyl (C=O) groups is 1. The summed E-state index contributed by atoms with van der Waals surface area (Å²) in [6.45, 7) is 2.72. The van der Waals surface area contributed by atoms with Crippen LogP contribution in [-0.4, -0.2) is 44.4 Å². The summed E-state index contributed by atoms with van der Waals surface area (Å²) < 4.78 is 58.3. The minimum absolute atomic E-state index is 0.0484. The highest BCUT2D eigenvalue weighted by atomic mass is 32.2. The van der Waals surface area contributed by atoms with E-state index in [9.17, 15) is 22.0 Å². The average Bonchev–Trinajstić information content (AvgIpc) is 2.64. The monoisotopic (exact) mass is 396 g/mol. The number of morpholine rings is 1. The third kappa shape index (κ3) is 4.15. The summed E-state index contributed by atoms with van der Waals surface area (Å²) in [6, 6.07) is 8.21. The molecule has 0 saturated carbocycles. The summed E-state index contributed by atoms with van der Waals surface area (Å²) in [4.78, 5) is 12.2. The molecular weight excluding hydrogens is 378 g/mol. The lowest BCUT2D eigenvalue weighted by molar-refractivity contribution is 0.0393. The molecule has 1 N–H and O–H groups in total. The largest absolute Gasteiger partial charge is 0.378 e. The van der Waals surface area contributed by atoms with Gasteiger partial charge < -0.3 is 10.1 Å². The standard InChI is InChI=1S/C18H18F2N2O4S/c1-12-11-26-9-8-22(12)27(24,25)15-5-3-14(4-6-15)21-18(23)13-2-7-16(19)17(20)10-13/h2-7,10,12H,8-9,11H2,1H3,(H,21,23). The van der Waals surface area contributed by atoms with Crippen molar-refractivity contribution < 1.29 is 26.7 Å². The molecule has 144 valence electrons. The van der Waals surface area contributed by atoms with Crippen molar-refractivity contribution in [2.24, 2.45) is 0 Å². The summed E-state index contributed by atoms with van der Waals surface area (Å²) in [7, 11) is -3.67. The molecule has 1 heterocycles. The van der Waals surface area contributed by atoms with Crippen LogP contribution in [0.5, 0.6) is 0 Å². The van der Waals surface area contributed by atoms with Crippen LogP contribution >= 0.6 is 0 Å². The maximum atomic E-state index is 13.2. The molecule has 1 saturated heterocycles. The second kappa shape index (κ2) is 7.71. The number of amides is 1. The molecule has 1 fully saturated rings. The Bertz CT molecular complexity index is 948. The van der Waals surface area contributed by atoms with Gasteiger partial charge in [-0.3, -0.25) is 4.79 Å². The second-order valence-electron chi connectivity index (χ2n) is 6.15. The maximum absolute atomic E-state index is 13.2. The molecule has 1 aliphatic rings. The van der Waals surface area contributed by atoms with Crippen LogP contribution in [0.2, 0.25) is 0 Å². The van der Waals surface area contributed by atoms with E-state index >= 15 is 0 Å². The van der Waals surface area contributed by atoms with Gasteiger partial charge in [0.15, 0.2) is 11.6 Å². The first-order valence-corrected chi connectivity index (χ1v) is 9.69. The van der Waals surface area contributed by atoms with Gasteiger partial charge in [0, 0.05) is 23.8 Å². The van der Waals surface area contributed by atoms with Crippen LogP contribution in [0.1, 0.15) is 17.3 Å². The zero-order valence-corrected chi connectivity index (χ0v) is 15.3. The van der Waals surface area contributed by atoms with Crippen molar-refractivity contribution in [1.29, 1.82) is 0 Å². The van der Waals surface area contributed by atoms with E-state index in [1.807, 2.05) is 0 Å². The molecule has 0 spiro atoms. The number of nitrogens with one attached hydrogen (secondary N) is 1. The quantitative estimate of drug-likeness (QED) is 0.862. The van der Waals surface area contributed by atoms with Crippen LogP contribution in [0.15, 0.2) is 47.4 Å². The van der Waals surface area contributed by atoms with Gasteiger partial charge in [-0.25, -0.2) is 17.2 Å². The van der Waals surface area contributed by atoms with Gasteiger partial charge in [0.1, 0.15) is 0 Å². The fraction of sp³-hybridized carbons (Fsp3) is 0.278. The fourth-order valence-electron chi connectivity index (χ4n) is 2.76. The Hall–Kier alpha value is -2.36. The van der Waals surface area contributed by atoms with Crippen molar-refractivity contribution in [1.82, 2.24) is 4.31 Å². The number of sulfonamides is 1. The Morgan fingerprint density at radius 3 is 2.48 bits per heavy atom. The Balaban J connectivity index is 1.75. The van der Waals surface area contributed by atoms with Gasteiger partial charge in [-0.15, -0.1) is 0 Å². The Labute approximate surface area is 155 Å². The first kappa shape index (κ1) is 19.4. The maximum Gasteiger partial charge on any atom is 0.255 e. The summed E-state index contributed by atoms with van der Waals surface area (Å²) in [5.41, 5.74) is 0.284. The number of benzene rings is 2. The van der Waals surface area contributed by atoms with Crippen molar-refractivity contribution in [3.8, 4) is 0 Å². The van der Waals surface area contributed by atoms with Crippen LogP contribution in [-0.2, 0) is 14.8 Å². The molecule has 0 radical (unpaired) electrons. The number of hydrogen-bond acceptors (Lipinski definition) is 4. The first-order chi connectivity index (χ1) is 12.8. The lowest BCUT2D eigenvalue weighted by Crippen LogP contribution is -2.46. The Morgan fingerprint density at radius 2 is 1.85 bits per heavy atom. The fourth-order valence-corrected chi connectivity index (χ4v) is 4.36. The van der Waals surface area contributed by atoms with Crippen LogP contribution in [0.3, 0.4) is 0 Å². The van der Waals surface area contributed by atoms with Crippen LogP contribution < -0.4 is 5.32 Å². The van der Waals surface area contributed by atoms with Crippen LogP contribution in [0, 0.1) is 11.6 Å². The smallest absolute Gasteiger partial charge is 0.255 e. The van der Waals surface area contributed by atoms with E-state index in [1.54, 1.807) is 6.92 Å². The number of rotatable bonds is 4. The molecular formula is C18H18F2N2O4S. The predicted octanol–water partition coefficient (Wildman–Crippen LogP) is 2.63. The third-order valence-corrected chi connectivity index (χ3v) is 6.24. The summed E-state index contributed by atoms with van der Waals surface area (Å²) in [5.74, 6) is -2.80. The molecule has 0 aromatic heterocycles. The van der Waals surface area contributed by atoms with Crippen molar-refractivity contribution in [2.45, 2.75) is 17.9 Å². The van der Waals surface area contributed by atoms with E-state index in [4.69, 9.17) is 4.74 Å². The first-order valence-electron chi connectivity index (χ1n) is 8.25. The second-order valence-corrected chi connectivity index (χ2v) is 8.04. The topological polar surface area (TPSA) is 75.7 Å². The van der Waals surface area contributed by atoms with E-state index in [0.717, 1.165) is 18.2 Å². The SMILES string of the molecule is CC1COCCN1S(=O)(=O)c1ccc(NC(=O)c2ccc(F)c(F)c2)cc1. The van der Waals surface area contributed by atoms with E-state index in [0.29, 0.717) is 18.9 Å². The molecule has 1 aliphatic heterocycles. The molecule has 27 heavy (non-hydrogen) atoms. The molecule has 6 nitrogen and oxygen atoms in total. The molecule has 1 unspecified atom stereocenters. The highest BCUT2D eigenvalue weighted by Crippen LogP contribution is 2.22. The van der Waals surface area contributed by atoms with Gasteiger partial charge in [0.25, 0.3) is 5.91 Å². The van der Waals surface area contributed by atoms with Gasteiger partial charge in [-0.2, -0.15) is 4.31 Å². The summed E-state index contributed by atoms with van der Waals surface area (Å²) >= 11 is 0. The Morgan fingerprint density at radius 1 is 1.15 bits per heavy atom. The van der Waals surface area contributed by atoms with Crippen molar-refractivity contribution in [3.63, 3.8) is 0 Å². The van der Waals surface area contributed by atoms with Gasteiger partial charge in [-0.05, 0) is 49.4 Å². The third-order valence-electron chi connectivity index (χ3n) is 4.21. The van der Waals surface area contributed by atoms with Gasteiger partial charge in [0.05, 0.1) is 18.1 Å². The minimum Gasteiger partial charge on any atom is -0.378 e. The zero-order valence-electron chi connectivity index (χ0n) is 14.5. The molecule has 3 rings (SSSR count). The molecule has 0 aliphatic carbocycles. The number of anilines is 1. The van der Waals surface area contributed by atoms with Crippen molar-refractivity contribution >= 4 is 21.6 Å². The number of ether oxygens (including phenoxy) is 1. The number of carbonyl (C=O) groups excluding carboxylic acids is 1. The lowest BCUT2D eigenvalue weighted by atomic mass is 10.2. The van der Waals surface area contributed by atoms with Crippen LogP contribution in [0.25, 0.3) is 0 Å². The van der Waals surface area contributed by atoms with Crippen molar-refractivity contribution in [2.75, 3.05) is 25.1 Å². The normalized spacial score (nSPS) is 18.3. The highest BCUT2D eigenvalue weighted by Gasteiger charge is 2.31. The predicted molar refractivity (Wildman–Crippen MR) is 94.9 cm³/mol. The number of halogens is 2. The number of nitrogens with zero attached hydrogens (tertiary/aromatic N) is 1. The van der Waals surface area contributed by atoms with Crippen molar-refractivity contribution in [3.05, 3.63) is 59.7 Å². The van der Waals surface area contributed by atoms with Gasteiger partial charge in [-0.1, -0.05) is 0 Å². The van der Waals surface area contributed by atoms with Gasteiger partial charge >= 0.3 is 0 Å². The average molecular weight is 396 g/mol. The van der Waals surface area contributed by atoms with E-state index in [2.05, 4.69) is 5.32 Å². The van der Waals surface area contributed by atoms with E-state index in [1.165, 1.54) is 28.6 Å². The van der Waals surface area contributed by atoms with E-state index < -0.39 is 27.6 Å². The summed E-state index contributed by atoms with van der Waals surface area (Å²) in [6.07, 6.45) is 0. The molecule has 9 heteroatoms. The van der Waals surface area contributed by atoms with Crippen LogP contribution in [0.4, 0.5) is 14.5 Å². The van der Waals surface area contributed by atoms with E-state index in [-0.39, 0.29) is 23.0 Å². The lowest BCUT2D eigenvalue weighted by Gasteiger charge is -2.32. The molecule has 1 amide bonds. The molecule has 2 aromatic carbocycles. The molecule has 2 aromatic rings. The molecule has 0 bridgehead atoms. The summed E-state index contributed by atoms with van der Waals surface area (Å²) in [5, 5.41) is 2.52. The number of hydrogen-bond donors (Lipinski definition) is 1. The zero-order chi connectivity index (χ0) is 19.6. The minimum atomic E-state index is -3.67. The Kier molecular flexibility index (Phi) is 5.54. The van der Waals surface area contributed by atoms with Gasteiger partial charge in [0.2, 0.25) is 10.0 Å².